The SMILES string of the molecule is COc1ccc2ncc(=O)n(C3CCN(CC[C@@H]4CN(c5ccc6c(c5)NC(=O)CS6)C(=O)O4)CC3)c2n1. The van der Waals surface area contributed by atoms with Crippen LogP contribution in [-0.4, -0.2) is 76.6 Å². The third-order valence-electron chi connectivity index (χ3n) is 7.29. The molecule has 12 heteroatoms. The number of nitrogens with zero attached hydrogens (tertiary/aromatic N) is 5. The van der Waals surface area contributed by atoms with Gasteiger partial charge in [-0.3, -0.25) is 19.1 Å². The van der Waals surface area contributed by atoms with Crippen molar-refractivity contribution in [2.45, 2.75) is 36.3 Å². The molecule has 1 atom stereocenters. The number of thioether (sulfide) groups is 1. The van der Waals surface area contributed by atoms with Gasteiger partial charge in [0.25, 0.3) is 5.56 Å². The molecule has 3 aliphatic rings. The Bertz CT molecular complexity index is 1450. The zero-order valence-electron chi connectivity index (χ0n) is 21.0. The molecule has 0 radical (unpaired) electrons. The molecular weight excluding hydrogens is 508 g/mol. The molecule has 5 heterocycles. The second-order valence-electron chi connectivity index (χ2n) is 9.66. The van der Waals surface area contributed by atoms with Crippen molar-refractivity contribution in [1.82, 2.24) is 19.4 Å². The Balaban J connectivity index is 1.06. The molecule has 6 rings (SSSR count). The van der Waals surface area contributed by atoms with Crippen LogP contribution in [0.25, 0.3) is 11.2 Å². The van der Waals surface area contributed by atoms with E-state index in [0.717, 1.165) is 55.2 Å². The minimum Gasteiger partial charge on any atom is -0.481 e. The summed E-state index contributed by atoms with van der Waals surface area (Å²) in [5.41, 5.74) is 2.52. The molecule has 0 unspecified atom stereocenters. The molecule has 0 bridgehead atoms. The number of likely N-dealkylation sites (tertiary alicyclic amines) is 1. The maximum absolute atomic E-state index is 12.7. The summed E-state index contributed by atoms with van der Waals surface area (Å²) in [6.45, 7) is 2.93. The fourth-order valence-electron chi connectivity index (χ4n) is 5.31. The van der Waals surface area contributed by atoms with Crippen LogP contribution in [0.1, 0.15) is 25.3 Å². The van der Waals surface area contributed by atoms with Gasteiger partial charge in [0.2, 0.25) is 11.8 Å². The van der Waals surface area contributed by atoms with Gasteiger partial charge in [0.15, 0.2) is 5.65 Å². The van der Waals surface area contributed by atoms with Crippen LogP contribution in [0.15, 0.2) is 46.2 Å². The van der Waals surface area contributed by atoms with Crippen molar-refractivity contribution in [2.24, 2.45) is 0 Å². The number of cyclic esters (lactones) is 1. The Kier molecular flexibility index (Phi) is 6.66. The number of rotatable bonds is 6. The highest BCUT2D eigenvalue weighted by atomic mass is 32.2. The number of piperidine rings is 1. The Morgan fingerprint density at radius 1 is 1.16 bits per heavy atom. The lowest BCUT2D eigenvalue weighted by molar-refractivity contribution is -0.113. The minimum absolute atomic E-state index is 0.0336. The molecular formula is C26H28N6O5S. The summed E-state index contributed by atoms with van der Waals surface area (Å²) in [7, 11) is 1.55. The van der Waals surface area contributed by atoms with E-state index in [1.807, 2.05) is 24.3 Å². The van der Waals surface area contributed by atoms with Crippen LogP contribution in [0.3, 0.4) is 0 Å². The number of nitrogens with one attached hydrogen (secondary N) is 1. The Labute approximate surface area is 223 Å². The first-order valence-electron chi connectivity index (χ1n) is 12.7. The van der Waals surface area contributed by atoms with Crippen LogP contribution in [-0.2, 0) is 9.53 Å². The van der Waals surface area contributed by atoms with E-state index in [1.165, 1.54) is 18.0 Å². The van der Waals surface area contributed by atoms with Gasteiger partial charge in [-0.1, -0.05) is 0 Å². The summed E-state index contributed by atoms with van der Waals surface area (Å²) in [5, 5.41) is 2.87. The van der Waals surface area contributed by atoms with E-state index in [-0.39, 0.29) is 29.7 Å². The molecule has 2 saturated heterocycles. The fraction of sp³-hybridized carbons (Fsp3) is 0.423. The number of fused-ring (bicyclic) bond motifs is 2. The molecule has 0 aliphatic carbocycles. The fourth-order valence-corrected chi connectivity index (χ4v) is 6.10. The number of carbonyl (C=O) groups excluding carboxylic acids is 2. The van der Waals surface area contributed by atoms with Crippen molar-refractivity contribution >= 4 is 46.3 Å². The molecule has 11 nitrogen and oxygen atoms in total. The summed E-state index contributed by atoms with van der Waals surface area (Å²) >= 11 is 1.49. The topological polar surface area (TPSA) is 119 Å². The highest BCUT2D eigenvalue weighted by Crippen LogP contribution is 2.36. The number of benzene rings is 1. The van der Waals surface area contributed by atoms with Gasteiger partial charge in [-0.15, -0.1) is 11.8 Å². The summed E-state index contributed by atoms with van der Waals surface area (Å²) in [5.74, 6) is 0.817. The van der Waals surface area contributed by atoms with Crippen molar-refractivity contribution in [3.8, 4) is 5.88 Å². The Morgan fingerprint density at radius 3 is 2.82 bits per heavy atom. The summed E-state index contributed by atoms with van der Waals surface area (Å²) in [6, 6.07) is 9.26. The number of hydrogen-bond donors (Lipinski definition) is 1. The van der Waals surface area contributed by atoms with Gasteiger partial charge >= 0.3 is 6.09 Å². The molecule has 2 fully saturated rings. The second-order valence-corrected chi connectivity index (χ2v) is 10.7. The van der Waals surface area contributed by atoms with Crippen LogP contribution < -0.4 is 20.5 Å². The molecule has 2 amide bonds. The van der Waals surface area contributed by atoms with E-state index >= 15 is 0 Å². The average molecular weight is 537 g/mol. The number of methoxy groups -OCH3 is 1. The lowest BCUT2D eigenvalue weighted by atomic mass is 10.0. The van der Waals surface area contributed by atoms with E-state index in [0.29, 0.717) is 29.3 Å². The van der Waals surface area contributed by atoms with E-state index in [9.17, 15) is 14.4 Å². The summed E-state index contributed by atoms with van der Waals surface area (Å²) in [6.07, 6.45) is 3.14. The Morgan fingerprint density at radius 2 is 2.00 bits per heavy atom. The first-order chi connectivity index (χ1) is 18.5. The highest BCUT2D eigenvalue weighted by Gasteiger charge is 2.33. The first-order valence-corrected chi connectivity index (χ1v) is 13.7. The summed E-state index contributed by atoms with van der Waals surface area (Å²) < 4.78 is 12.7. The normalized spacial score (nSPS) is 20.3. The lowest BCUT2D eigenvalue weighted by Crippen LogP contribution is -2.39. The number of carbonyl (C=O) groups is 2. The third kappa shape index (κ3) is 4.81. The molecule has 1 aromatic carbocycles. The van der Waals surface area contributed by atoms with Gasteiger partial charge in [0.1, 0.15) is 11.6 Å². The van der Waals surface area contributed by atoms with E-state index in [4.69, 9.17) is 9.47 Å². The predicted octanol–water partition coefficient (Wildman–Crippen LogP) is 2.90. The molecule has 1 N–H and O–H groups in total. The predicted molar refractivity (Wildman–Crippen MR) is 143 cm³/mol. The van der Waals surface area contributed by atoms with Crippen LogP contribution in [0.5, 0.6) is 5.88 Å². The largest absolute Gasteiger partial charge is 0.481 e. The van der Waals surface area contributed by atoms with Crippen molar-refractivity contribution < 1.29 is 19.1 Å². The number of hydrogen-bond acceptors (Lipinski definition) is 9. The van der Waals surface area contributed by atoms with Gasteiger partial charge < -0.3 is 19.7 Å². The number of anilines is 2. The van der Waals surface area contributed by atoms with Gasteiger partial charge in [-0.05, 0) is 43.5 Å². The van der Waals surface area contributed by atoms with Crippen molar-refractivity contribution in [3.63, 3.8) is 0 Å². The standard InChI is InChI=1S/C26H28N6O5S/c1-36-23-5-3-19-25(29-23)32(24(34)13-27-19)16-6-9-30(10-7-16)11-8-18-14-31(26(35)37-18)17-2-4-21-20(12-17)28-22(33)15-38-21/h2-5,12-13,16,18H,6-11,14-15H2,1H3,(H,28,33)/t18-/m1/s1. The number of aromatic nitrogens is 3. The van der Waals surface area contributed by atoms with Gasteiger partial charge in [-0.25, -0.2) is 9.78 Å². The van der Waals surface area contributed by atoms with E-state index < -0.39 is 0 Å². The molecule has 0 spiro atoms. The van der Waals surface area contributed by atoms with Crippen LogP contribution >= 0.6 is 11.8 Å². The van der Waals surface area contributed by atoms with E-state index in [2.05, 4.69) is 20.2 Å². The number of pyridine rings is 1. The average Bonchev–Trinajstić information content (AvgIpc) is 3.31. The molecule has 2 aromatic heterocycles. The van der Waals surface area contributed by atoms with Gasteiger partial charge in [0.05, 0.1) is 31.3 Å². The zero-order chi connectivity index (χ0) is 26.2. The number of ether oxygens (including phenoxy) is 2. The van der Waals surface area contributed by atoms with Crippen molar-refractivity contribution in [3.05, 3.63) is 46.9 Å². The van der Waals surface area contributed by atoms with Crippen molar-refractivity contribution in [2.75, 3.05) is 49.3 Å². The highest BCUT2D eigenvalue weighted by molar-refractivity contribution is 8.00. The summed E-state index contributed by atoms with van der Waals surface area (Å²) in [4.78, 5) is 50.8. The van der Waals surface area contributed by atoms with Gasteiger partial charge in [0, 0.05) is 42.3 Å². The van der Waals surface area contributed by atoms with E-state index in [1.54, 1.807) is 22.6 Å². The van der Waals surface area contributed by atoms with Crippen molar-refractivity contribution in [1.29, 1.82) is 0 Å². The van der Waals surface area contributed by atoms with Crippen LogP contribution in [0.2, 0.25) is 0 Å². The second kappa shape index (κ2) is 10.3. The molecule has 3 aromatic rings. The third-order valence-corrected chi connectivity index (χ3v) is 8.36. The zero-order valence-corrected chi connectivity index (χ0v) is 21.8. The molecule has 0 saturated carbocycles. The molecule has 198 valence electrons. The first kappa shape index (κ1) is 24.7. The number of amides is 2. The lowest BCUT2D eigenvalue weighted by Gasteiger charge is -2.33. The molecule has 38 heavy (non-hydrogen) atoms. The van der Waals surface area contributed by atoms with Crippen LogP contribution in [0, 0.1) is 0 Å². The van der Waals surface area contributed by atoms with Gasteiger partial charge in [-0.2, -0.15) is 4.98 Å². The maximum Gasteiger partial charge on any atom is 0.414 e. The Hall–Kier alpha value is -3.64. The quantitative estimate of drug-likeness (QED) is 0.507. The van der Waals surface area contributed by atoms with Crippen LogP contribution in [0.4, 0.5) is 16.2 Å². The maximum atomic E-state index is 12.7. The smallest absolute Gasteiger partial charge is 0.414 e. The molecule has 3 aliphatic heterocycles. The minimum atomic E-state index is -0.365. The monoisotopic (exact) mass is 536 g/mol.